The van der Waals surface area contributed by atoms with Gasteiger partial charge >= 0.3 is 0 Å². The van der Waals surface area contributed by atoms with Gasteiger partial charge < -0.3 is 10.6 Å². The highest BCUT2D eigenvalue weighted by Gasteiger charge is 2.22. The fraction of sp³-hybridized carbons (Fsp3) is 0.929. The van der Waals surface area contributed by atoms with Crippen molar-refractivity contribution in [2.24, 2.45) is 0 Å². The Morgan fingerprint density at radius 2 is 2.17 bits per heavy atom. The van der Waals surface area contributed by atoms with Gasteiger partial charge in [0, 0.05) is 25.0 Å². The van der Waals surface area contributed by atoms with Crippen molar-refractivity contribution in [1.82, 2.24) is 15.5 Å². The number of nitrogens with zero attached hydrogens (tertiary/aromatic N) is 1. The number of hydrogen-bond acceptors (Lipinski definition) is 3. The molecule has 1 amide bonds. The Morgan fingerprint density at radius 1 is 1.39 bits per heavy atom. The van der Waals surface area contributed by atoms with Crippen LogP contribution in [0.4, 0.5) is 0 Å². The minimum Gasteiger partial charge on any atom is -0.354 e. The molecule has 0 saturated carbocycles. The van der Waals surface area contributed by atoms with Gasteiger partial charge in [-0.05, 0) is 53.2 Å². The van der Waals surface area contributed by atoms with E-state index in [-0.39, 0.29) is 11.9 Å². The molecule has 2 N–H and O–H groups in total. The summed E-state index contributed by atoms with van der Waals surface area (Å²) in [7, 11) is 2.00. The number of likely N-dealkylation sites (tertiary alicyclic amines) is 1. The average molecular weight is 255 g/mol. The average Bonchev–Trinajstić information content (AvgIpc) is 2.34. The lowest BCUT2D eigenvalue weighted by molar-refractivity contribution is -0.122. The molecule has 1 atom stereocenters. The van der Waals surface area contributed by atoms with Crippen LogP contribution in [0.5, 0.6) is 0 Å². The summed E-state index contributed by atoms with van der Waals surface area (Å²) in [6.45, 7) is 7.15. The Kier molecular flexibility index (Phi) is 7.28. The van der Waals surface area contributed by atoms with Crippen molar-refractivity contribution in [2.45, 2.75) is 58.0 Å². The predicted octanol–water partition coefficient (Wildman–Crippen LogP) is 1.37. The van der Waals surface area contributed by atoms with E-state index in [4.69, 9.17) is 0 Å². The van der Waals surface area contributed by atoms with Gasteiger partial charge in [0.2, 0.25) is 5.91 Å². The molecular weight excluding hydrogens is 226 g/mol. The third-order valence-corrected chi connectivity index (χ3v) is 3.55. The first kappa shape index (κ1) is 15.4. The van der Waals surface area contributed by atoms with Crippen molar-refractivity contribution in [1.29, 1.82) is 0 Å². The van der Waals surface area contributed by atoms with Crippen LogP contribution in [0.1, 0.15) is 46.0 Å². The second kappa shape index (κ2) is 8.48. The van der Waals surface area contributed by atoms with Crippen molar-refractivity contribution in [3.63, 3.8) is 0 Å². The lowest BCUT2D eigenvalue weighted by atomic mass is 9.99. The molecule has 0 radical (unpaired) electrons. The van der Waals surface area contributed by atoms with Gasteiger partial charge in [-0.25, -0.2) is 0 Å². The number of nitrogens with one attached hydrogen (secondary N) is 2. The Hall–Kier alpha value is -0.610. The SMILES string of the molecule is CNCCC1CCCCN1CCC(=O)NC(C)C. The Morgan fingerprint density at radius 3 is 2.83 bits per heavy atom. The highest BCUT2D eigenvalue weighted by atomic mass is 16.1. The van der Waals surface area contributed by atoms with Crippen molar-refractivity contribution >= 4 is 5.91 Å². The largest absolute Gasteiger partial charge is 0.354 e. The zero-order valence-corrected chi connectivity index (χ0v) is 12.2. The molecule has 1 aliphatic rings. The van der Waals surface area contributed by atoms with Gasteiger partial charge in [0.25, 0.3) is 0 Å². The molecule has 1 saturated heterocycles. The van der Waals surface area contributed by atoms with Crippen LogP contribution < -0.4 is 10.6 Å². The molecule has 0 aromatic heterocycles. The minimum absolute atomic E-state index is 0.183. The molecule has 1 rings (SSSR count). The van der Waals surface area contributed by atoms with Gasteiger partial charge in [-0.1, -0.05) is 6.42 Å². The number of rotatable bonds is 7. The summed E-state index contributed by atoms with van der Waals surface area (Å²) in [5, 5.41) is 6.18. The number of carbonyl (C=O) groups excluding carboxylic acids is 1. The van der Waals surface area contributed by atoms with Gasteiger partial charge in [0.15, 0.2) is 0 Å². The maximum atomic E-state index is 11.7. The van der Waals surface area contributed by atoms with Crippen LogP contribution in [0.15, 0.2) is 0 Å². The van der Waals surface area contributed by atoms with Crippen LogP contribution in [0.25, 0.3) is 0 Å². The lowest BCUT2D eigenvalue weighted by Crippen LogP contribution is -2.43. The maximum absolute atomic E-state index is 11.7. The van der Waals surface area contributed by atoms with E-state index < -0.39 is 0 Å². The van der Waals surface area contributed by atoms with Gasteiger partial charge in [0.1, 0.15) is 0 Å². The van der Waals surface area contributed by atoms with E-state index in [0.717, 1.165) is 19.6 Å². The number of carbonyl (C=O) groups is 1. The predicted molar refractivity (Wildman–Crippen MR) is 75.7 cm³/mol. The first-order chi connectivity index (χ1) is 8.63. The summed E-state index contributed by atoms with van der Waals surface area (Å²) in [4.78, 5) is 14.2. The monoisotopic (exact) mass is 255 g/mol. The van der Waals surface area contributed by atoms with E-state index in [1.54, 1.807) is 0 Å². The molecule has 0 aromatic carbocycles. The van der Waals surface area contributed by atoms with E-state index in [0.29, 0.717) is 12.5 Å². The van der Waals surface area contributed by atoms with Gasteiger partial charge in [-0.2, -0.15) is 0 Å². The van der Waals surface area contributed by atoms with E-state index in [1.165, 1.54) is 25.7 Å². The van der Waals surface area contributed by atoms with E-state index in [2.05, 4.69) is 15.5 Å². The lowest BCUT2D eigenvalue weighted by Gasteiger charge is -2.35. The topological polar surface area (TPSA) is 44.4 Å². The van der Waals surface area contributed by atoms with Crippen LogP contribution in [0.2, 0.25) is 0 Å². The van der Waals surface area contributed by atoms with Crippen LogP contribution in [0, 0.1) is 0 Å². The Balaban J connectivity index is 2.30. The van der Waals surface area contributed by atoms with E-state index in [1.807, 2.05) is 20.9 Å². The van der Waals surface area contributed by atoms with Crippen molar-refractivity contribution in [3.05, 3.63) is 0 Å². The maximum Gasteiger partial charge on any atom is 0.221 e. The summed E-state index contributed by atoms with van der Waals surface area (Å²) < 4.78 is 0. The van der Waals surface area contributed by atoms with Crippen LogP contribution in [-0.4, -0.2) is 49.6 Å². The summed E-state index contributed by atoms with van der Waals surface area (Å²) in [6, 6.07) is 0.914. The summed E-state index contributed by atoms with van der Waals surface area (Å²) in [5.41, 5.74) is 0. The highest BCUT2D eigenvalue weighted by Crippen LogP contribution is 2.19. The third-order valence-electron chi connectivity index (χ3n) is 3.55. The third kappa shape index (κ3) is 5.83. The summed E-state index contributed by atoms with van der Waals surface area (Å²) >= 11 is 0. The minimum atomic E-state index is 0.183. The van der Waals surface area contributed by atoms with E-state index in [9.17, 15) is 4.79 Å². The second-order valence-corrected chi connectivity index (χ2v) is 5.55. The fourth-order valence-corrected chi connectivity index (χ4v) is 2.63. The zero-order chi connectivity index (χ0) is 13.4. The first-order valence-electron chi connectivity index (χ1n) is 7.31. The second-order valence-electron chi connectivity index (χ2n) is 5.55. The Bertz CT molecular complexity index is 243. The molecule has 1 aliphatic heterocycles. The van der Waals surface area contributed by atoms with Gasteiger partial charge in [-0.3, -0.25) is 9.69 Å². The molecule has 1 heterocycles. The van der Waals surface area contributed by atoms with Crippen molar-refractivity contribution in [3.8, 4) is 0 Å². The molecule has 1 fully saturated rings. The Labute approximate surface area is 111 Å². The number of piperidine rings is 1. The smallest absolute Gasteiger partial charge is 0.221 e. The van der Waals surface area contributed by atoms with Gasteiger partial charge in [0.05, 0.1) is 0 Å². The van der Waals surface area contributed by atoms with Crippen LogP contribution in [-0.2, 0) is 4.79 Å². The van der Waals surface area contributed by atoms with Crippen LogP contribution in [0.3, 0.4) is 0 Å². The molecule has 0 spiro atoms. The number of hydrogen-bond donors (Lipinski definition) is 2. The molecule has 106 valence electrons. The normalized spacial score (nSPS) is 21.2. The molecule has 0 bridgehead atoms. The molecule has 18 heavy (non-hydrogen) atoms. The molecule has 4 heteroatoms. The van der Waals surface area contributed by atoms with Gasteiger partial charge in [-0.15, -0.1) is 0 Å². The quantitative estimate of drug-likeness (QED) is 0.722. The van der Waals surface area contributed by atoms with Crippen molar-refractivity contribution in [2.75, 3.05) is 26.7 Å². The zero-order valence-electron chi connectivity index (χ0n) is 12.2. The van der Waals surface area contributed by atoms with E-state index >= 15 is 0 Å². The fourth-order valence-electron chi connectivity index (χ4n) is 2.63. The van der Waals surface area contributed by atoms with Crippen molar-refractivity contribution < 1.29 is 4.79 Å². The summed E-state index contributed by atoms with van der Waals surface area (Å²) in [5.74, 6) is 0.183. The number of amides is 1. The molecule has 0 aliphatic carbocycles. The molecular formula is C14H29N3O. The highest BCUT2D eigenvalue weighted by molar-refractivity contribution is 5.76. The van der Waals surface area contributed by atoms with Crippen LogP contribution >= 0.6 is 0 Å². The summed E-state index contributed by atoms with van der Waals surface area (Å²) in [6.07, 6.45) is 5.73. The molecule has 4 nitrogen and oxygen atoms in total. The molecule has 0 aromatic rings. The standard InChI is InChI=1S/C14H29N3O/c1-12(2)16-14(18)8-11-17-10-5-4-6-13(17)7-9-15-3/h12-13,15H,4-11H2,1-3H3,(H,16,18). The first-order valence-corrected chi connectivity index (χ1v) is 7.31. The molecule has 1 unspecified atom stereocenters.